The van der Waals surface area contributed by atoms with Gasteiger partial charge in [0.25, 0.3) is 5.91 Å². The van der Waals surface area contributed by atoms with Crippen molar-refractivity contribution in [2.45, 2.75) is 56.8 Å². The van der Waals surface area contributed by atoms with Crippen LogP contribution in [0.2, 0.25) is 0 Å². The van der Waals surface area contributed by atoms with Crippen molar-refractivity contribution >= 4 is 12.3 Å². The van der Waals surface area contributed by atoms with Crippen molar-refractivity contribution in [2.24, 2.45) is 4.99 Å². The van der Waals surface area contributed by atoms with E-state index in [1.807, 2.05) is 24.2 Å². The third-order valence-corrected chi connectivity index (χ3v) is 8.59. The maximum atomic E-state index is 13.5. The molecule has 0 spiro atoms. The zero-order valence-electron chi connectivity index (χ0n) is 25.3. The molecule has 4 atom stereocenters. The van der Waals surface area contributed by atoms with E-state index in [-0.39, 0.29) is 11.9 Å². The third-order valence-electron chi connectivity index (χ3n) is 8.59. The molecule has 230 valence electrons. The summed E-state index contributed by atoms with van der Waals surface area (Å²) in [5.41, 5.74) is 6.35. The Morgan fingerprint density at radius 1 is 0.909 bits per heavy atom. The van der Waals surface area contributed by atoms with Gasteiger partial charge < -0.3 is 29.8 Å². The first kappa shape index (κ1) is 29.7. The molecule has 0 unspecified atom stereocenters. The number of hydrogen-bond donors (Lipinski definition) is 3. The second kappa shape index (κ2) is 13.5. The van der Waals surface area contributed by atoms with Gasteiger partial charge in [-0.3, -0.25) is 4.79 Å². The Labute approximate surface area is 257 Å². The number of nitrogens with zero attached hydrogens (tertiary/aromatic N) is 4. The molecule has 11 nitrogen and oxygen atoms in total. The highest BCUT2D eigenvalue weighted by molar-refractivity contribution is 5.84. The van der Waals surface area contributed by atoms with E-state index in [2.05, 4.69) is 83.7 Å². The number of amides is 1. The Morgan fingerprint density at radius 3 is 2.11 bits per heavy atom. The van der Waals surface area contributed by atoms with E-state index in [1.54, 1.807) is 7.11 Å². The summed E-state index contributed by atoms with van der Waals surface area (Å²) in [4.78, 5) is 45.2. The first-order chi connectivity index (χ1) is 21.6. The summed E-state index contributed by atoms with van der Waals surface area (Å²) in [6.45, 7) is 3.48. The summed E-state index contributed by atoms with van der Waals surface area (Å²) in [6, 6.07) is 16.4. The molecule has 4 aromatic rings. The number of aliphatic imine (C=N–C) groups is 1. The SMILES string of the molecule is COO/C=N\[C@H](C(=O)N1CCC[C@H]1c1ncc(-c2ccc(-c3ccc(-c4cnc([C@@H]5CCCN5)[nH]4)cc3)cc2)[nH]1)[C@@H](C)OC. The molecule has 2 aromatic heterocycles. The monoisotopic (exact) mass is 597 g/mol. The normalized spacial score (nSPS) is 19.9. The quantitative estimate of drug-likeness (QED) is 0.0934. The zero-order chi connectivity index (χ0) is 30.5. The molecule has 6 rings (SSSR count). The molecule has 4 heterocycles. The number of H-pyrrole nitrogens is 2. The zero-order valence-corrected chi connectivity index (χ0v) is 25.3. The van der Waals surface area contributed by atoms with Gasteiger partial charge >= 0.3 is 0 Å². The standard InChI is InChI=1S/C33H39N7O4/c1-21(42-2)30(37-20-44-43-3)33(41)40-17-5-7-29(40)32-36-19-28(39-32)25-14-10-23(11-15-25)22-8-12-24(13-9-22)27-18-35-31(38-27)26-6-4-16-34-26/h8-15,18-21,26,29-30,34H,4-7,16-17H2,1-3H3,(H,35,38)(H,36,39)/b37-20-/t21-,26+,29+,30+/m1/s1. The number of hydrogen-bond acceptors (Lipinski definition) is 8. The van der Waals surface area contributed by atoms with E-state index in [0.717, 1.165) is 77.5 Å². The molecule has 44 heavy (non-hydrogen) atoms. The van der Waals surface area contributed by atoms with Crippen LogP contribution in [0.15, 0.2) is 65.9 Å². The number of imidazole rings is 2. The molecular formula is C33H39N7O4. The van der Waals surface area contributed by atoms with E-state index in [9.17, 15) is 4.79 Å². The van der Waals surface area contributed by atoms with E-state index < -0.39 is 12.1 Å². The molecule has 2 fully saturated rings. The number of benzene rings is 2. The summed E-state index contributed by atoms with van der Waals surface area (Å²) >= 11 is 0. The Kier molecular flexibility index (Phi) is 9.15. The van der Waals surface area contributed by atoms with Crippen LogP contribution >= 0.6 is 0 Å². The van der Waals surface area contributed by atoms with Crippen LogP contribution in [0.3, 0.4) is 0 Å². The van der Waals surface area contributed by atoms with Crippen molar-refractivity contribution in [1.29, 1.82) is 0 Å². The van der Waals surface area contributed by atoms with Gasteiger partial charge in [-0.05, 0) is 61.4 Å². The largest absolute Gasteiger partial charge is 0.379 e. The Bertz CT molecular complexity index is 1560. The van der Waals surface area contributed by atoms with Crippen LogP contribution in [-0.4, -0.2) is 76.6 Å². The second-order valence-electron chi connectivity index (χ2n) is 11.3. The van der Waals surface area contributed by atoms with Gasteiger partial charge in [-0.25, -0.2) is 15.0 Å². The molecule has 0 aliphatic carbocycles. The molecule has 3 N–H and O–H groups in total. The van der Waals surface area contributed by atoms with Crippen LogP contribution in [0.5, 0.6) is 0 Å². The topological polar surface area (TPSA) is 130 Å². The van der Waals surface area contributed by atoms with Crippen molar-refractivity contribution in [2.75, 3.05) is 27.3 Å². The lowest BCUT2D eigenvalue weighted by Gasteiger charge is -2.28. The van der Waals surface area contributed by atoms with Gasteiger partial charge in [0.1, 0.15) is 11.6 Å². The number of methoxy groups -OCH3 is 1. The highest BCUT2D eigenvalue weighted by Crippen LogP contribution is 2.33. The van der Waals surface area contributed by atoms with Gasteiger partial charge in [0.05, 0.1) is 49.1 Å². The number of ether oxygens (including phenoxy) is 1. The van der Waals surface area contributed by atoms with Crippen molar-refractivity contribution in [3.8, 4) is 33.6 Å². The first-order valence-electron chi connectivity index (χ1n) is 15.1. The molecule has 2 aliphatic heterocycles. The molecule has 0 saturated carbocycles. The van der Waals surface area contributed by atoms with Gasteiger partial charge in [0.15, 0.2) is 6.04 Å². The van der Waals surface area contributed by atoms with Crippen LogP contribution < -0.4 is 5.32 Å². The van der Waals surface area contributed by atoms with E-state index in [1.165, 1.54) is 13.5 Å². The molecule has 0 bridgehead atoms. The minimum absolute atomic E-state index is 0.134. The number of nitrogens with one attached hydrogen (secondary N) is 3. The number of likely N-dealkylation sites (tertiary alicyclic amines) is 1. The Balaban J connectivity index is 1.13. The van der Waals surface area contributed by atoms with Gasteiger partial charge in [0, 0.05) is 13.7 Å². The summed E-state index contributed by atoms with van der Waals surface area (Å²) in [5.74, 6) is 1.64. The lowest BCUT2D eigenvalue weighted by molar-refractivity contribution is -0.188. The molecule has 0 radical (unpaired) electrons. The average Bonchev–Trinajstić information content (AvgIpc) is 3.89. The van der Waals surface area contributed by atoms with Crippen molar-refractivity contribution in [3.63, 3.8) is 0 Å². The molecule has 2 aromatic carbocycles. The third kappa shape index (κ3) is 6.30. The van der Waals surface area contributed by atoms with Crippen molar-refractivity contribution in [1.82, 2.24) is 30.2 Å². The highest BCUT2D eigenvalue weighted by Gasteiger charge is 2.37. The fraction of sp³-hybridized carbons (Fsp3) is 0.394. The van der Waals surface area contributed by atoms with Gasteiger partial charge in [0.2, 0.25) is 6.40 Å². The minimum Gasteiger partial charge on any atom is -0.379 e. The smallest absolute Gasteiger partial charge is 0.250 e. The maximum absolute atomic E-state index is 13.5. The van der Waals surface area contributed by atoms with Gasteiger partial charge in [-0.1, -0.05) is 48.5 Å². The maximum Gasteiger partial charge on any atom is 0.250 e. The van der Waals surface area contributed by atoms with Crippen molar-refractivity contribution < 1.29 is 19.3 Å². The van der Waals surface area contributed by atoms with Crippen LogP contribution in [0.25, 0.3) is 33.6 Å². The Hall–Kier alpha value is -4.32. The lowest BCUT2D eigenvalue weighted by Crippen LogP contribution is -2.43. The lowest BCUT2D eigenvalue weighted by atomic mass is 10.0. The van der Waals surface area contributed by atoms with Crippen LogP contribution in [0, 0.1) is 0 Å². The predicted octanol–water partition coefficient (Wildman–Crippen LogP) is 5.23. The van der Waals surface area contributed by atoms with Crippen LogP contribution in [-0.2, 0) is 19.3 Å². The number of carbonyl (C=O) groups excluding carboxylic acids is 1. The fourth-order valence-electron chi connectivity index (χ4n) is 6.05. The fourth-order valence-corrected chi connectivity index (χ4v) is 6.05. The highest BCUT2D eigenvalue weighted by atomic mass is 17.2. The van der Waals surface area contributed by atoms with Gasteiger partial charge in [-0.15, -0.1) is 0 Å². The summed E-state index contributed by atoms with van der Waals surface area (Å²) in [6.07, 6.45) is 8.46. The number of aromatic nitrogens is 4. The van der Waals surface area contributed by atoms with Crippen LogP contribution in [0.4, 0.5) is 0 Å². The predicted molar refractivity (Wildman–Crippen MR) is 168 cm³/mol. The van der Waals surface area contributed by atoms with Crippen molar-refractivity contribution in [3.05, 3.63) is 72.6 Å². The van der Waals surface area contributed by atoms with E-state index in [0.29, 0.717) is 12.6 Å². The average molecular weight is 598 g/mol. The van der Waals surface area contributed by atoms with Gasteiger partial charge in [-0.2, -0.15) is 4.89 Å². The summed E-state index contributed by atoms with van der Waals surface area (Å²) in [7, 11) is 2.94. The summed E-state index contributed by atoms with van der Waals surface area (Å²) < 4.78 is 5.43. The molecule has 2 aliphatic rings. The molecule has 1 amide bonds. The Morgan fingerprint density at radius 2 is 1.52 bits per heavy atom. The molecule has 2 saturated heterocycles. The molecular weight excluding hydrogens is 558 g/mol. The minimum atomic E-state index is -0.752. The number of carbonyl (C=O) groups is 1. The molecule has 11 heteroatoms. The van der Waals surface area contributed by atoms with E-state index >= 15 is 0 Å². The summed E-state index contributed by atoms with van der Waals surface area (Å²) in [5, 5.41) is 3.49. The number of aromatic amines is 2. The first-order valence-corrected chi connectivity index (χ1v) is 15.1. The second-order valence-corrected chi connectivity index (χ2v) is 11.3. The number of rotatable bonds is 11. The van der Waals surface area contributed by atoms with Crippen LogP contribution in [0.1, 0.15) is 56.3 Å². The van der Waals surface area contributed by atoms with E-state index in [4.69, 9.17) is 9.62 Å².